The number of unbranched alkanes of at least 4 members (excludes halogenated alkanes) is 2. The largest absolute Gasteiger partial charge is 0.481 e. The molecule has 0 bridgehead atoms. The van der Waals surface area contributed by atoms with E-state index in [0.29, 0.717) is 36.5 Å². The van der Waals surface area contributed by atoms with Crippen LogP contribution in [0.25, 0.3) is 21.5 Å². The molecule has 6 nitrogen and oxygen atoms in total. The Bertz CT molecular complexity index is 1270. The van der Waals surface area contributed by atoms with Crippen molar-refractivity contribution in [3.63, 3.8) is 0 Å². The van der Waals surface area contributed by atoms with Gasteiger partial charge in [0.25, 0.3) is 0 Å². The first-order valence-corrected chi connectivity index (χ1v) is 16.2. The number of halogens is 1. The Morgan fingerprint density at radius 2 is 1.15 bits per heavy atom. The molecular weight excluding hydrogens is 631 g/mol. The average molecular weight is 677 g/mol. The number of hydrogen-bond acceptors (Lipinski definition) is 6. The molecule has 3 aromatic rings. The third kappa shape index (κ3) is 9.76. The molecule has 3 aromatic carbocycles. The second-order valence-corrected chi connectivity index (χ2v) is 11.9. The third-order valence-corrected chi connectivity index (χ3v) is 8.27. The molecule has 2 atom stereocenters. The fraction of sp³-hybridized carbons (Fsp3) is 0.529. The molecule has 7 heteroatoms. The van der Waals surface area contributed by atoms with Gasteiger partial charge in [-0.05, 0) is 65.5 Å². The summed E-state index contributed by atoms with van der Waals surface area (Å²) >= 11 is 2.26. The number of ether oxygens (including phenoxy) is 4. The molecule has 41 heavy (non-hydrogen) atoms. The smallest absolute Gasteiger partial charge is 0.344 e. The van der Waals surface area contributed by atoms with E-state index in [1.807, 2.05) is 42.5 Å². The maximum atomic E-state index is 12.7. The van der Waals surface area contributed by atoms with Crippen molar-refractivity contribution in [3.8, 4) is 11.5 Å². The second-order valence-electron chi connectivity index (χ2n) is 10.7. The molecule has 2 unspecified atom stereocenters. The summed E-state index contributed by atoms with van der Waals surface area (Å²) in [5, 5.41) is 3.22. The van der Waals surface area contributed by atoms with E-state index < -0.39 is 0 Å². The highest BCUT2D eigenvalue weighted by atomic mass is 127. The number of carbonyl (C=O) groups excluding carboxylic acids is 2. The molecule has 0 aromatic heterocycles. The van der Waals surface area contributed by atoms with E-state index in [1.165, 1.54) is 0 Å². The van der Waals surface area contributed by atoms with Crippen molar-refractivity contribution in [1.82, 2.24) is 0 Å². The molecule has 0 aliphatic carbocycles. The number of fused-ring (bicyclic) bond motifs is 2. The lowest BCUT2D eigenvalue weighted by Crippen LogP contribution is -2.20. The van der Waals surface area contributed by atoms with Crippen LogP contribution in [0.4, 0.5) is 0 Å². The number of esters is 2. The Morgan fingerprint density at radius 3 is 1.61 bits per heavy atom. The van der Waals surface area contributed by atoms with Crippen LogP contribution >= 0.6 is 22.6 Å². The number of hydrogen-bond donors (Lipinski definition) is 0. The van der Waals surface area contributed by atoms with Crippen LogP contribution in [0.2, 0.25) is 0 Å². The predicted octanol–water partition coefficient (Wildman–Crippen LogP) is 8.87. The van der Waals surface area contributed by atoms with Crippen LogP contribution in [-0.4, -0.2) is 38.4 Å². The predicted molar refractivity (Wildman–Crippen MR) is 174 cm³/mol. The SMILES string of the molecule is CCCCC(CC)COC(=O)COc1c2ccccc2c(OCC(=O)OCC(CC)CCCC)c2cc(I)ccc12. The van der Waals surface area contributed by atoms with E-state index in [2.05, 4.69) is 50.3 Å². The molecule has 224 valence electrons. The Morgan fingerprint density at radius 1 is 0.683 bits per heavy atom. The molecule has 0 saturated carbocycles. The Balaban J connectivity index is 1.79. The lowest BCUT2D eigenvalue weighted by atomic mass is 10.0. The van der Waals surface area contributed by atoms with E-state index in [0.717, 1.165) is 76.5 Å². The normalized spacial score (nSPS) is 12.7. The van der Waals surface area contributed by atoms with Crippen LogP contribution in [0.5, 0.6) is 11.5 Å². The van der Waals surface area contributed by atoms with Gasteiger partial charge in [0.1, 0.15) is 11.5 Å². The van der Waals surface area contributed by atoms with Gasteiger partial charge >= 0.3 is 11.9 Å². The number of carbonyl (C=O) groups is 2. The van der Waals surface area contributed by atoms with Crippen molar-refractivity contribution in [3.05, 3.63) is 46.0 Å². The molecule has 0 spiro atoms. The molecule has 0 fully saturated rings. The maximum absolute atomic E-state index is 12.7. The van der Waals surface area contributed by atoms with Gasteiger partial charge < -0.3 is 18.9 Å². The first kappa shape index (κ1) is 33.0. The molecule has 0 saturated heterocycles. The van der Waals surface area contributed by atoms with Gasteiger partial charge in [-0.2, -0.15) is 0 Å². The van der Waals surface area contributed by atoms with Crippen molar-refractivity contribution in [2.75, 3.05) is 26.4 Å². The summed E-state index contributed by atoms with van der Waals surface area (Å²) in [6.07, 6.45) is 8.60. The lowest BCUT2D eigenvalue weighted by Gasteiger charge is -2.19. The Hall–Kier alpha value is -2.55. The van der Waals surface area contributed by atoms with Gasteiger partial charge in [-0.1, -0.05) is 90.5 Å². The summed E-state index contributed by atoms with van der Waals surface area (Å²) in [5.41, 5.74) is 0. The zero-order valence-corrected chi connectivity index (χ0v) is 27.2. The zero-order chi connectivity index (χ0) is 29.6. The molecular formula is C34H45IO6. The van der Waals surface area contributed by atoms with Gasteiger partial charge in [-0.25, -0.2) is 9.59 Å². The molecule has 0 heterocycles. The zero-order valence-electron chi connectivity index (χ0n) is 25.0. The lowest BCUT2D eigenvalue weighted by molar-refractivity contribution is -0.148. The van der Waals surface area contributed by atoms with Gasteiger partial charge in [-0.3, -0.25) is 0 Å². The molecule has 0 aliphatic rings. The van der Waals surface area contributed by atoms with Crippen molar-refractivity contribution in [2.24, 2.45) is 11.8 Å². The first-order valence-electron chi connectivity index (χ1n) is 15.1. The molecule has 0 aliphatic heterocycles. The van der Waals surface area contributed by atoms with Crippen LogP contribution in [0, 0.1) is 15.4 Å². The minimum atomic E-state index is -0.380. The fourth-order valence-corrected chi connectivity index (χ4v) is 5.44. The summed E-state index contributed by atoms with van der Waals surface area (Å²) in [5.74, 6) is 1.18. The van der Waals surface area contributed by atoms with Crippen LogP contribution in [0.15, 0.2) is 42.5 Å². The summed E-state index contributed by atoms with van der Waals surface area (Å²) in [7, 11) is 0. The van der Waals surface area contributed by atoms with E-state index >= 15 is 0 Å². The van der Waals surface area contributed by atoms with E-state index in [4.69, 9.17) is 18.9 Å². The minimum absolute atomic E-state index is 0.182. The van der Waals surface area contributed by atoms with Crippen LogP contribution in [0.1, 0.15) is 79.1 Å². The molecule has 0 N–H and O–H groups in total. The molecule has 3 rings (SSSR count). The number of rotatable bonds is 18. The summed E-state index contributed by atoms with van der Waals surface area (Å²) in [6.45, 7) is 9.06. The average Bonchev–Trinajstić information content (AvgIpc) is 2.99. The van der Waals surface area contributed by atoms with E-state index in [9.17, 15) is 9.59 Å². The Kier molecular flexibility index (Phi) is 14.0. The first-order chi connectivity index (χ1) is 19.9. The van der Waals surface area contributed by atoms with Crippen LogP contribution in [0.3, 0.4) is 0 Å². The highest BCUT2D eigenvalue weighted by Crippen LogP contribution is 2.43. The van der Waals surface area contributed by atoms with Crippen molar-refractivity contribution >= 4 is 56.1 Å². The summed E-state index contributed by atoms with van der Waals surface area (Å²) in [4.78, 5) is 25.3. The quantitative estimate of drug-likeness (QED) is 0.0762. The van der Waals surface area contributed by atoms with Gasteiger partial charge in [0, 0.05) is 25.1 Å². The van der Waals surface area contributed by atoms with Crippen LogP contribution < -0.4 is 9.47 Å². The van der Waals surface area contributed by atoms with Gasteiger partial charge in [-0.15, -0.1) is 0 Å². The highest BCUT2D eigenvalue weighted by molar-refractivity contribution is 14.1. The van der Waals surface area contributed by atoms with Crippen LogP contribution in [-0.2, 0) is 19.1 Å². The summed E-state index contributed by atoms with van der Waals surface area (Å²) in [6, 6.07) is 13.7. The van der Waals surface area contributed by atoms with Gasteiger partial charge in [0.15, 0.2) is 13.2 Å². The highest BCUT2D eigenvalue weighted by Gasteiger charge is 2.20. The van der Waals surface area contributed by atoms with Crippen molar-refractivity contribution in [1.29, 1.82) is 0 Å². The second kappa shape index (κ2) is 17.4. The van der Waals surface area contributed by atoms with Gasteiger partial charge in [0.05, 0.1) is 13.2 Å². The fourth-order valence-electron chi connectivity index (χ4n) is 4.95. The molecule has 0 amide bonds. The summed E-state index contributed by atoms with van der Waals surface area (Å²) < 4.78 is 24.5. The maximum Gasteiger partial charge on any atom is 0.344 e. The number of benzene rings is 3. The Labute approximate surface area is 258 Å². The van der Waals surface area contributed by atoms with E-state index in [1.54, 1.807) is 0 Å². The standard InChI is InChI=1S/C34H45IO6/c1-5-9-13-24(7-3)20-38-31(36)22-40-33-27-15-11-12-16-28(27)34(30-19-26(35)17-18-29(30)33)41-23-32(37)39-21-25(8-4)14-10-6-2/h11-12,15-19,24-25H,5-10,13-14,20-23H2,1-4H3. The van der Waals surface area contributed by atoms with Crippen molar-refractivity contribution < 1.29 is 28.5 Å². The minimum Gasteiger partial charge on any atom is -0.481 e. The van der Waals surface area contributed by atoms with Crippen molar-refractivity contribution in [2.45, 2.75) is 79.1 Å². The van der Waals surface area contributed by atoms with E-state index in [-0.39, 0.29) is 25.2 Å². The third-order valence-electron chi connectivity index (χ3n) is 7.60. The topological polar surface area (TPSA) is 71.1 Å². The van der Waals surface area contributed by atoms with Gasteiger partial charge in [0.2, 0.25) is 0 Å². The molecule has 0 radical (unpaired) electrons. The monoisotopic (exact) mass is 676 g/mol.